The van der Waals surface area contributed by atoms with E-state index < -0.39 is 12.6 Å². The van der Waals surface area contributed by atoms with Crippen molar-refractivity contribution >= 4 is 16.8 Å². The topological polar surface area (TPSA) is 63.1 Å². The molecule has 5 rings (SSSR count). The number of carbonyl (C=O) groups excluding carboxylic acids is 1. The lowest BCUT2D eigenvalue weighted by atomic mass is 9.84. The normalized spacial score (nSPS) is 20.6. The van der Waals surface area contributed by atoms with Crippen molar-refractivity contribution in [2.45, 2.75) is 70.1 Å². The number of alkyl halides is 3. The fourth-order valence-corrected chi connectivity index (χ4v) is 5.83. The van der Waals surface area contributed by atoms with Crippen LogP contribution in [0.1, 0.15) is 66.1 Å². The van der Waals surface area contributed by atoms with E-state index in [1.54, 1.807) is 6.20 Å². The second-order valence-electron chi connectivity index (χ2n) is 10.5. The van der Waals surface area contributed by atoms with E-state index in [-0.39, 0.29) is 18.4 Å². The summed E-state index contributed by atoms with van der Waals surface area (Å²) in [4.78, 5) is 24.2. The van der Waals surface area contributed by atoms with Gasteiger partial charge in [-0.15, -0.1) is 0 Å². The molecule has 2 aromatic heterocycles. The van der Waals surface area contributed by atoms with Crippen molar-refractivity contribution in [2.24, 2.45) is 13.0 Å². The van der Waals surface area contributed by atoms with Gasteiger partial charge in [-0.1, -0.05) is 12.1 Å². The molecule has 37 heavy (non-hydrogen) atoms. The second-order valence-corrected chi connectivity index (χ2v) is 10.5. The molecule has 3 heterocycles. The molecule has 9 heteroatoms. The standard InChI is InChI=1S/C28H34F3N5O/c1-35-25-13-17-36(18-24(25)34-26(35)11-14-28(29,30)31)16-12-19-7-9-20(10-8-19)33-27(37)22-4-2-6-23-21(22)5-3-15-32-23/h2-6,15,19-20H,7-14,16-18H2,1H3,(H,33,37). The van der Waals surface area contributed by atoms with Crippen LogP contribution in [-0.4, -0.2) is 50.6 Å². The number of nitrogens with zero attached hydrogens (tertiary/aromatic N) is 4. The molecule has 0 saturated heterocycles. The van der Waals surface area contributed by atoms with E-state index in [0.717, 1.165) is 73.9 Å². The average molecular weight is 514 g/mol. The zero-order valence-corrected chi connectivity index (χ0v) is 21.2. The molecule has 3 aromatic rings. The summed E-state index contributed by atoms with van der Waals surface area (Å²) >= 11 is 0. The van der Waals surface area contributed by atoms with E-state index in [0.29, 0.717) is 23.9 Å². The van der Waals surface area contributed by atoms with Crippen molar-refractivity contribution in [2.75, 3.05) is 13.1 Å². The maximum atomic E-state index is 12.9. The number of pyridine rings is 1. The van der Waals surface area contributed by atoms with Crippen LogP contribution >= 0.6 is 0 Å². The summed E-state index contributed by atoms with van der Waals surface area (Å²) in [5.74, 6) is 1.13. The number of fused-ring (bicyclic) bond motifs is 2. The molecular weight excluding hydrogens is 479 g/mol. The predicted molar refractivity (Wildman–Crippen MR) is 136 cm³/mol. The summed E-state index contributed by atoms with van der Waals surface area (Å²) in [6.07, 6.45) is 2.74. The van der Waals surface area contributed by atoms with E-state index >= 15 is 0 Å². The molecule has 0 unspecified atom stereocenters. The predicted octanol–water partition coefficient (Wildman–Crippen LogP) is 5.20. The number of hydrogen-bond donors (Lipinski definition) is 1. The van der Waals surface area contributed by atoms with Crippen LogP contribution in [0.25, 0.3) is 10.9 Å². The number of rotatable bonds is 7. The first-order valence-corrected chi connectivity index (χ1v) is 13.2. The smallest absolute Gasteiger partial charge is 0.349 e. The van der Waals surface area contributed by atoms with Crippen molar-refractivity contribution in [3.8, 4) is 0 Å². The molecule has 1 N–H and O–H groups in total. The zero-order chi connectivity index (χ0) is 26.0. The van der Waals surface area contributed by atoms with Gasteiger partial charge in [0, 0.05) is 61.9 Å². The van der Waals surface area contributed by atoms with Crippen LogP contribution in [-0.2, 0) is 26.4 Å². The van der Waals surface area contributed by atoms with Gasteiger partial charge in [-0.2, -0.15) is 13.2 Å². The summed E-state index contributed by atoms with van der Waals surface area (Å²) in [6.45, 7) is 2.59. The van der Waals surface area contributed by atoms with E-state index in [4.69, 9.17) is 0 Å². The van der Waals surface area contributed by atoms with Crippen molar-refractivity contribution < 1.29 is 18.0 Å². The van der Waals surface area contributed by atoms with Crippen LogP contribution in [0.2, 0.25) is 0 Å². The number of amides is 1. The number of aryl methyl sites for hydroxylation is 1. The number of benzene rings is 1. The minimum atomic E-state index is -4.16. The lowest BCUT2D eigenvalue weighted by molar-refractivity contribution is -0.134. The first-order chi connectivity index (χ1) is 17.8. The third-order valence-corrected chi connectivity index (χ3v) is 7.99. The van der Waals surface area contributed by atoms with E-state index in [2.05, 4.69) is 20.2 Å². The number of halogens is 3. The molecule has 2 aliphatic rings. The minimum Gasteiger partial charge on any atom is -0.349 e. The molecule has 1 aliphatic carbocycles. The Morgan fingerprint density at radius 2 is 1.95 bits per heavy atom. The molecule has 1 aromatic carbocycles. The number of hydrogen-bond acceptors (Lipinski definition) is 4. The molecule has 1 fully saturated rings. The summed E-state index contributed by atoms with van der Waals surface area (Å²) < 4.78 is 39.8. The van der Waals surface area contributed by atoms with Gasteiger partial charge in [-0.25, -0.2) is 4.98 Å². The highest BCUT2D eigenvalue weighted by molar-refractivity contribution is 6.06. The Labute approximate surface area is 215 Å². The summed E-state index contributed by atoms with van der Waals surface area (Å²) in [5, 5.41) is 4.11. The van der Waals surface area contributed by atoms with E-state index in [1.807, 2.05) is 41.9 Å². The van der Waals surface area contributed by atoms with Crippen molar-refractivity contribution in [1.82, 2.24) is 24.8 Å². The van der Waals surface area contributed by atoms with Crippen LogP contribution in [0.4, 0.5) is 13.2 Å². The minimum absolute atomic E-state index is 0.0314. The first-order valence-electron chi connectivity index (χ1n) is 13.2. The van der Waals surface area contributed by atoms with Gasteiger partial charge < -0.3 is 9.88 Å². The van der Waals surface area contributed by atoms with Gasteiger partial charge in [0.2, 0.25) is 0 Å². The number of imidazole rings is 1. The molecule has 0 bridgehead atoms. The Bertz CT molecular complexity index is 1240. The molecule has 6 nitrogen and oxygen atoms in total. The van der Waals surface area contributed by atoms with Crippen molar-refractivity contribution in [1.29, 1.82) is 0 Å². The molecule has 1 aliphatic heterocycles. The molecule has 0 atom stereocenters. The first kappa shape index (κ1) is 25.7. The van der Waals surface area contributed by atoms with Gasteiger partial charge in [-0.05, 0) is 62.8 Å². The van der Waals surface area contributed by atoms with Gasteiger partial charge in [0.15, 0.2) is 0 Å². The van der Waals surface area contributed by atoms with Gasteiger partial charge in [0.05, 0.1) is 17.6 Å². The van der Waals surface area contributed by atoms with Gasteiger partial charge in [-0.3, -0.25) is 14.7 Å². The Balaban J connectivity index is 1.08. The molecular formula is C28H34F3N5O. The molecule has 0 radical (unpaired) electrons. The maximum absolute atomic E-state index is 12.9. The molecule has 1 amide bonds. The lowest BCUT2D eigenvalue weighted by Crippen LogP contribution is -2.38. The highest BCUT2D eigenvalue weighted by Gasteiger charge is 2.30. The average Bonchev–Trinajstić information content (AvgIpc) is 3.21. The molecule has 1 saturated carbocycles. The molecule has 0 spiro atoms. The largest absolute Gasteiger partial charge is 0.389 e. The van der Waals surface area contributed by atoms with E-state index in [9.17, 15) is 18.0 Å². The van der Waals surface area contributed by atoms with Gasteiger partial charge in [0.25, 0.3) is 5.91 Å². The van der Waals surface area contributed by atoms with Gasteiger partial charge in [0.1, 0.15) is 5.82 Å². The molecule has 198 valence electrons. The van der Waals surface area contributed by atoms with Crippen LogP contribution in [0.3, 0.4) is 0 Å². The second kappa shape index (κ2) is 10.8. The Hall–Kier alpha value is -2.94. The van der Waals surface area contributed by atoms with Crippen LogP contribution < -0.4 is 5.32 Å². The van der Waals surface area contributed by atoms with E-state index in [1.165, 1.54) is 0 Å². The fourth-order valence-electron chi connectivity index (χ4n) is 5.83. The van der Waals surface area contributed by atoms with Crippen LogP contribution in [0, 0.1) is 5.92 Å². The maximum Gasteiger partial charge on any atom is 0.389 e. The Morgan fingerprint density at radius 1 is 1.14 bits per heavy atom. The lowest BCUT2D eigenvalue weighted by Gasteiger charge is -2.32. The number of carbonyl (C=O) groups is 1. The van der Waals surface area contributed by atoms with Gasteiger partial charge >= 0.3 is 6.18 Å². The summed E-state index contributed by atoms with van der Waals surface area (Å²) in [6, 6.07) is 9.63. The highest BCUT2D eigenvalue weighted by Crippen LogP contribution is 2.29. The SMILES string of the molecule is Cn1c(CCC(F)(F)F)nc2c1CCN(CCC1CCC(NC(=O)c3cccc4ncccc34)CC1)C2. The van der Waals surface area contributed by atoms with Crippen LogP contribution in [0.15, 0.2) is 36.5 Å². The monoisotopic (exact) mass is 513 g/mol. The zero-order valence-electron chi connectivity index (χ0n) is 21.2. The van der Waals surface area contributed by atoms with Crippen LogP contribution in [0.5, 0.6) is 0 Å². The fraction of sp³-hybridized carbons (Fsp3) is 0.536. The third-order valence-electron chi connectivity index (χ3n) is 7.99. The number of nitrogens with one attached hydrogen (secondary N) is 1. The summed E-state index contributed by atoms with van der Waals surface area (Å²) in [7, 11) is 1.83. The highest BCUT2D eigenvalue weighted by atomic mass is 19.4. The summed E-state index contributed by atoms with van der Waals surface area (Å²) in [5.41, 5.74) is 3.51. The Morgan fingerprint density at radius 3 is 2.73 bits per heavy atom. The quantitative estimate of drug-likeness (QED) is 0.472. The van der Waals surface area contributed by atoms with Crippen molar-refractivity contribution in [3.63, 3.8) is 0 Å². The number of aromatic nitrogens is 3. The third kappa shape index (κ3) is 6.14. The van der Waals surface area contributed by atoms with Crippen molar-refractivity contribution in [3.05, 3.63) is 59.3 Å². The Kier molecular flexibility index (Phi) is 7.51.